The van der Waals surface area contributed by atoms with Crippen LogP contribution in [0.1, 0.15) is 28.1 Å². The molecule has 2 aromatic carbocycles. The molecule has 1 unspecified atom stereocenters. The summed E-state index contributed by atoms with van der Waals surface area (Å²) in [5.41, 5.74) is 1.38. The smallest absolute Gasteiger partial charge is 0.255 e. The number of aryl methyl sites for hydroxylation is 1. The number of nitrogens with zero attached hydrogens (tertiary/aromatic N) is 4. The van der Waals surface area contributed by atoms with Gasteiger partial charge < -0.3 is 9.64 Å². The molecule has 1 atom stereocenters. The Kier molecular flexibility index (Phi) is 5.35. The summed E-state index contributed by atoms with van der Waals surface area (Å²) in [5.74, 6) is 1.26. The van der Waals surface area contributed by atoms with E-state index in [9.17, 15) is 4.79 Å². The second kappa shape index (κ2) is 7.91. The largest absolute Gasteiger partial charge is 0.366 e. The molecule has 6 nitrogen and oxygen atoms in total. The molecule has 1 aromatic heterocycles. The molecule has 0 radical (unpaired) electrons. The van der Waals surface area contributed by atoms with Gasteiger partial charge in [0.25, 0.3) is 5.91 Å². The fourth-order valence-electron chi connectivity index (χ4n) is 3.29. The van der Waals surface area contributed by atoms with Gasteiger partial charge >= 0.3 is 0 Å². The monoisotopic (exact) mass is 416 g/mol. The summed E-state index contributed by atoms with van der Waals surface area (Å²) in [4.78, 5) is 14.7. The van der Waals surface area contributed by atoms with Gasteiger partial charge in [-0.3, -0.25) is 9.36 Å². The molecule has 8 heteroatoms. The summed E-state index contributed by atoms with van der Waals surface area (Å²) in [6.45, 7) is 3.15. The van der Waals surface area contributed by atoms with Gasteiger partial charge in [-0.1, -0.05) is 35.3 Å². The minimum atomic E-state index is -0.392. The zero-order valence-electron chi connectivity index (χ0n) is 15.2. The van der Waals surface area contributed by atoms with Crippen molar-refractivity contribution >= 4 is 29.1 Å². The highest BCUT2D eigenvalue weighted by Gasteiger charge is 2.31. The normalized spacial score (nSPS) is 17.0. The van der Waals surface area contributed by atoms with Gasteiger partial charge in [-0.25, -0.2) is 0 Å². The maximum Gasteiger partial charge on any atom is 0.255 e. The number of aromatic nitrogens is 3. The van der Waals surface area contributed by atoms with Crippen molar-refractivity contribution < 1.29 is 9.53 Å². The van der Waals surface area contributed by atoms with E-state index in [1.54, 1.807) is 29.2 Å². The summed E-state index contributed by atoms with van der Waals surface area (Å²) < 4.78 is 7.85. The number of halogens is 2. The van der Waals surface area contributed by atoms with Crippen molar-refractivity contribution in [1.82, 2.24) is 19.7 Å². The second-order valence-electron chi connectivity index (χ2n) is 6.51. The quantitative estimate of drug-likeness (QED) is 0.644. The zero-order chi connectivity index (χ0) is 19.7. The molecular formula is C20H18Cl2N4O2. The van der Waals surface area contributed by atoms with Gasteiger partial charge in [0.2, 0.25) is 0 Å². The average molecular weight is 417 g/mol. The molecule has 1 saturated heterocycles. The van der Waals surface area contributed by atoms with Crippen LogP contribution >= 0.6 is 23.2 Å². The van der Waals surface area contributed by atoms with Gasteiger partial charge in [-0.05, 0) is 43.3 Å². The zero-order valence-corrected chi connectivity index (χ0v) is 16.7. The van der Waals surface area contributed by atoms with Crippen LogP contribution in [0.3, 0.4) is 0 Å². The van der Waals surface area contributed by atoms with E-state index in [0.717, 1.165) is 11.5 Å². The molecule has 0 spiro atoms. The Morgan fingerprint density at radius 2 is 1.86 bits per heavy atom. The molecule has 1 aliphatic heterocycles. The molecular weight excluding hydrogens is 399 g/mol. The first-order valence-corrected chi connectivity index (χ1v) is 9.63. The number of hydrogen-bond donors (Lipinski definition) is 0. The predicted octanol–water partition coefficient (Wildman–Crippen LogP) is 4.10. The number of amides is 1. The van der Waals surface area contributed by atoms with E-state index >= 15 is 0 Å². The van der Waals surface area contributed by atoms with Crippen LogP contribution in [0.4, 0.5) is 0 Å². The van der Waals surface area contributed by atoms with Crippen LogP contribution in [-0.2, 0) is 4.74 Å². The first-order chi connectivity index (χ1) is 13.5. The first kappa shape index (κ1) is 18.9. The highest BCUT2D eigenvalue weighted by Crippen LogP contribution is 2.27. The summed E-state index contributed by atoms with van der Waals surface area (Å²) in [6.07, 6.45) is -0.392. The van der Waals surface area contributed by atoms with Crippen molar-refractivity contribution in [3.63, 3.8) is 0 Å². The summed E-state index contributed by atoms with van der Waals surface area (Å²) in [6, 6.07) is 14.5. The lowest BCUT2D eigenvalue weighted by atomic mass is 10.1. The van der Waals surface area contributed by atoms with Crippen molar-refractivity contribution in [1.29, 1.82) is 0 Å². The van der Waals surface area contributed by atoms with Gasteiger partial charge in [-0.15, -0.1) is 10.2 Å². The number of hydrogen-bond acceptors (Lipinski definition) is 4. The highest BCUT2D eigenvalue weighted by molar-refractivity contribution is 6.33. The lowest BCUT2D eigenvalue weighted by Gasteiger charge is -2.32. The highest BCUT2D eigenvalue weighted by atomic mass is 35.5. The number of ether oxygens (including phenoxy) is 1. The fourth-order valence-corrected chi connectivity index (χ4v) is 3.63. The minimum absolute atomic E-state index is 0.117. The Morgan fingerprint density at radius 3 is 2.61 bits per heavy atom. The van der Waals surface area contributed by atoms with Crippen LogP contribution < -0.4 is 0 Å². The predicted molar refractivity (Wildman–Crippen MR) is 107 cm³/mol. The van der Waals surface area contributed by atoms with E-state index in [-0.39, 0.29) is 5.91 Å². The molecule has 0 N–H and O–H groups in total. The van der Waals surface area contributed by atoms with Gasteiger partial charge in [0, 0.05) is 17.3 Å². The van der Waals surface area contributed by atoms with Crippen molar-refractivity contribution in [2.75, 3.05) is 19.7 Å². The fraction of sp³-hybridized carbons (Fsp3) is 0.250. The number of morpholine rings is 1. The third kappa shape index (κ3) is 3.63. The van der Waals surface area contributed by atoms with Crippen LogP contribution in [0.5, 0.6) is 0 Å². The summed E-state index contributed by atoms with van der Waals surface area (Å²) in [7, 11) is 0. The number of carbonyl (C=O) groups is 1. The number of rotatable bonds is 3. The van der Waals surface area contributed by atoms with Crippen molar-refractivity contribution in [3.05, 3.63) is 75.8 Å². The van der Waals surface area contributed by atoms with E-state index < -0.39 is 6.10 Å². The maximum absolute atomic E-state index is 12.9. The molecule has 4 rings (SSSR count). The molecule has 3 aromatic rings. The van der Waals surface area contributed by atoms with Crippen LogP contribution in [-0.4, -0.2) is 45.3 Å². The number of carbonyl (C=O) groups excluding carboxylic acids is 1. The van der Waals surface area contributed by atoms with Crippen molar-refractivity contribution in [2.24, 2.45) is 0 Å². The molecule has 0 saturated carbocycles. The Balaban J connectivity index is 1.62. The molecule has 0 aliphatic carbocycles. The van der Waals surface area contributed by atoms with E-state index in [0.29, 0.717) is 41.1 Å². The van der Waals surface area contributed by atoms with Crippen molar-refractivity contribution in [2.45, 2.75) is 13.0 Å². The third-order valence-corrected chi connectivity index (χ3v) is 5.26. The number of benzene rings is 2. The SMILES string of the molecule is Cc1nnc(C2CN(C(=O)c3ccccc3Cl)CCO2)n1-c1ccc(Cl)cc1. The average Bonchev–Trinajstić information content (AvgIpc) is 3.10. The summed E-state index contributed by atoms with van der Waals surface area (Å²) in [5, 5.41) is 9.62. The minimum Gasteiger partial charge on any atom is -0.366 e. The van der Waals surface area contributed by atoms with E-state index in [4.69, 9.17) is 27.9 Å². The topological polar surface area (TPSA) is 60.3 Å². The summed E-state index contributed by atoms with van der Waals surface area (Å²) >= 11 is 12.2. The third-order valence-electron chi connectivity index (χ3n) is 4.68. The molecule has 2 heterocycles. The van der Waals surface area contributed by atoms with Crippen LogP contribution in [0.2, 0.25) is 10.0 Å². The maximum atomic E-state index is 12.9. The van der Waals surface area contributed by atoms with E-state index in [1.165, 1.54) is 0 Å². The van der Waals surface area contributed by atoms with Crippen LogP contribution in [0.25, 0.3) is 5.69 Å². The first-order valence-electron chi connectivity index (χ1n) is 8.88. The Labute approximate surface area is 172 Å². The molecule has 1 aliphatic rings. The second-order valence-corrected chi connectivity index (χ2v) is 7.35. The molecule has 0 bridgehead atoms. The van der Waals surface area contributed by atoms with Gasteiger partial charge in [0.1, 0.15) is 11.9 Å². The molecule has 1 amide bonds. The Bertz CT molecular complexity index is 1000. The van der Waals surface area contributed by atoms with E-state index in [2.05, 4.69) is 10.2 Å². The lowest BCUT2D eigenvalue weighted by molar-refractivity contribution is -0.0276. The van der Waals surface area contributed by atoms with Gasteiger partial charge in [0.15, 0.2) is 5.82 Å². The van der Waals surface area contributed by atoms with Gasteiger partial charge in [-0.2, -0.15) is 0 Å². The van der Waals surface area contributed by atoms with Gasteiger partial charge in [0.05, 0.1) is 23.7 Å². The Hall–Kier alpha value is -2.41. The molecule has 28 heavy (non-hydrogen) atoms. The Morgan fingerprint density at radius 1 is 1.11 bits per heavy atom. The standard InChI is InChI=1S/C20H18Cl2N4O2/c1-13-23-24-19(26(13)15-8-6-14(21)7-9-15)18-12-25(10-11-28-18)20(27)16-4-2-3-5-17(16)22/h2-9,18H,10-12H2,1H3. The van der Waals surface area contributed by atoms with E-state index in [1.807, 2.05) is 35.8 Å². The molecule has 144 valence electrons. The van der Waals surface area contributed by atoms with Crippen LogP contribution in [0.15, 0.2) is 48.5 Å². The van der Waals surface area contributed by atoms with Crippen LogP contribution in [0, 0.1) is 6.92 Å². The molecule has 1 fully saturated rings. The lowest BCUT2D eigenvalue weighted by Crippen LogP contribution is -2.43. The van der Waals surface area contributed by atoms with Crippen molar-refractivity contribution in [3.8, 4) is 5.69 Å².